The van der Waals surface area contributed by atoms with Crippen LogP contribution in [-0.2, 0) is 0 Å². The molecule has 16 heavy (non-hydrogen) atoms. The molecule has 0 radical (unpaired) electrons. The molecule has 0 aliphatic carbocycles. The van der Waals surface area contributed by atoms with E-state index in [0.29, 0.717) is 0 Å². The van der Waals surface area contributed by atoms with Crippen LogP contribution in [-0.4, -0.2) is 33.8 Å². The number of amides is 1. The van der Waals surface area contributed by atoms with Crippen molar-refractivity contribution >= 4 is 39.4 Å². The first-order valence-electron chi connectivity index (χ1n) is 4.05. The number of guanidine groups is 1. The van der Waals surface area contributed by atoms with Crippen LogP contribution in [0.5, 0.6) is 0 Å². The van der Waals surface area contributed by atoms with Gasteiger partial charge in [-0.2, -0.15) is 0 Å². The van der Waals surface area contributed by atoms with Crippen LogP contribution in [0.15, 0.2) is 4.60 Å². The van der Waals surface area contributed by atoms with Crippen molar-refractivity contribution in [3.8, 4) is 0 Å². The summed E-state index contributed by atoms with van der Waals surface area (Å²) in [5.41, 5.74) is 16.0. The van der Waals surface area contributed by atoms with E-state index in [4.69, 9.17) is 22.6 Å². The van der Waals surface area contributed by atoms with Crippen LogP contribution in [0.4, 0.5) is 11.6 Å². The number of anilines is 2. The average Bonchev–Trinajstić information content (AvgIpc) is 2.21. The molecule has 0 spiro atoms. The van der Waals surface area contributed by atoms with Crippen molar-refractivity contribution < 1.29 is 4.79 Å². The SMILES string of the molecule is CN(C(=N)N)C(=O)c1nc(Br)c(N)nc1N. The quantitative estimate of drug-likeness (QED) is 0.399. The Morgan fingerprint density at radius 3 is 2.44 bits per heavy atom. The minimum atomic E-state index is -0.627. The minimum absolute atomic E-state index is 0.0829. The van der Waals surface area contributed by atoms with Gasteiger partial charge in [-0.15, -0.1) is 0 Å². The molecule has 0 bridgehead atoms. The zero-order valence-electron chi connectivity index (χ0n) is 8.36. The molecule has 0 saturated carbocycles. The molecular formula is C7H10BrN7O. The van der Waals surface area contributed by atoms with Crippen molar-refractivity contribution in [1.82, 2.24) is 14.9 Å². The highest BCUT2D eigenvalue weighted by Gasteiger charge is 2.20. The van der Waals surface area contributed by atoms with E-state index >= 15 is 0 Å². The van der Waals surface area contributed by atoms with Gasteiger partial charge < -0.3 is 17.2 Å². The van der Waals surface area contributed by atoms with Crippen molar-refractivity contribution in [1.29, 1.82) is 5.41 Å². The van der Waals surface area contributed by atoms with Gasteiger partial charge in [0.15, 0.2) is 23.3 Å². The van der Waals surface area contributed by atoms with E-state index in [-0.39, 0.29) is 21.9 Å². The molecule has 1 amide bonds. The summed E-state index contributed by atoms with van der Waals surface area (Å²) in [5, 5.41) is 7.10. The predicted molar refractivity (Wildman–Crippen MR) is 62.6 cm³/mol. The number of hydrogen-bond acceptors (Lipinski definition) is 6. The number of nitrogens with one attached hydrogen (secondary N) is 1. The summed E-state index contributed by atoms with van der Waals surface area (Å²) in [6.07, 6.45) is 0. The summed E-state index contributed by atoms with van der Waals surface area (Å²) in [5.74, 6) is -1.07. The standard InChI is InChI=1S/C7H10BrN7O/c1-15(7(11)12)6(16)2-4(9)14-5(10)3(8)13-2/h1H3,(H3,11,12)(H4,9,10,14). The lowest BCUT2D eigenvalue weighted by molar-refractivity contribution is 0.0864. The normalized spacial score (nSPS) is 9.88. The van der Waals surface area contributed by atoms with Crippen LogP contribution in [0.3, 0.4) is 0 Å². The van der Waals surface area contributed by atoms with Gasteiger partial charge >= 0.3 is 0 Å². The second-order valence-corrected chi connectivity index (χ2v) is 3.63. The average molecular weight is 288 g/mol. The topological polar surface area (TPSA) is 148 Å². The molecule has 8 nitrogen and oxygen atoms in total. The monoisotopic (exact) mass is 287 g/mol. The lowest BCUT2D eigenvalue weighted by Crippen LogP contribution is -2.38. The van der Waals surface area contributed by atoms with Crippen molar-refractivity contribution in [2.24, 2.45) is 5.73 Å². The van der Waals surface area contributed by atoms with Crippen molar-refractivity contribution in [2.75, 3.05) is 18.5 Å². The molecule has 1 aromatic heterocycles. The van der Waals surface area contributed by atoms with E-state index in [2.05, 4.69) is 25.9 Å². The Labute approximate surface area is 99.5 Å². The van der Waals surface area contributed by atoms with E-state index in [0.717, 1.165) is 4.90 Å². The molecule has 0 fully saturated rings. The molecule has 0 aliphatic heterocycles. The maximum absolute atomic E-state index is 11.7. The molecule has 1 aromatic rings. The second kappa shape index (κ2) is 4.31. The lowest BCUT2D eigenvalue weighted by Gasteiger charge is -2.14. The maximum atomic E-state index is 11.7. The first kappa shape index (κ1) is 12.2. The highest BCUT2D eigenvalue weighted by molar-refractivity contribution is 9.10. The van der Waals surface area contributed by atoms with Gasteiger partial charge in [0.2, 0.25) is 0 Å². The number of rotatable bonds is 1. The molecular weight excluding hydrogens is 278 g/mol. The molecule has 9 heteroatoms. The van der Waals surface area contributed by atoms with Crippen LogP contribution in [0.1, 0.15) is 10.5 Å². The van der Waals surface area contributed by atoms with Gasteiger partial charge in [0.05, 0.1) is 0 Å². The molecule has 0 aromatic carbocycles. The van der Waals surface area contributed by atoms with Gasteiger partial charge in [0.1, 0.15) is 4.60 Å². The number of aromatic nitrogens is 2. The summed E-state index contributed by atoms with van der Waals surface area (Å²) in [6.45, 7) is 0. The Morgan fingerprint density at radius 2 is 1.94 bits per heavy atom. The van der Waals surface area contributed by atoms with Crippen LogP contribution in [0, 0.1) is 5.41 Å². The predicted octanol–water partition coefficient (Wildman–Crippen LogP) is -0.631. The zero-order chi connectivity index (χ0) is 12.5. The third kappa shape index (κ3) is 2.19. The van der Waals surface area contributed by atoms with Gasteiger partial charge in [-0.25, -0.2) is 9.97 Å². The van der Waals surface area contributed by atoms with Gasteiger partial charge in [-0.1, -0.05) is 0 Å². The van der Waals surface area contributed by atoms with E-state index in [9.17, 15) is 4.79 Å². The number of nitrogen functional groups attached to an aromatic ring is 2. The van der Waals surface area contributed by atoms with Gasteiger partial charge in [-0.3, -0.25) is 15.1 Å². The van der Waals surface area contributed by atoms with Crippen LogP contribution in [0.2, 0.25) is 0 Å². The fourth-order valence-corrected chi connectivity index (χ4v) is 1.13. The number of nitrogens with two attached hydrogens (primary N) is 3. The zero-order valence-corrected chi connectivity index (χ0v) is 9.95. The summed E-state index contributed by atoms with van der Waals surface area (Å²) in [6, 6.07) is 0. The summed E-state index contributed by atoms with van der Waals surface area (Å²) < 4.78 is 0.210. The molecule has 1 rings (SSSR count). The molecule has 0 atom stereocenters. The fraction of sp³-hybridized carbons (Fsp3) is 0.143. The molecule has 0 aliphatic rings. The molecule has 7 N–H and O–H groups in total. The maximum Gasteiger partial charge on any atom is 0.282 e. The Balaban J connectivity index is 3.19. The van der Waals surface area contributed by atoms with E-state index < -0.39 is 11.9 Å². The first-order chi connectivity index (χ1) is 7.34. The molecule has 0 saturated heterocycles. The lowest BCUT2D eigenvalue weighted by atomic mass is 10.3. The van der Waals surface area contributed by atoms with Crippen LogP contribution >= 0.6 is 15.9 Å². The van der Waals surface area contributed by atoms with E-state index in [1.165, 1.54) is 7.05 Å². The molecule has 86 valence electrons. The highest BCUT2D eigenvalue weighted by atomic mass is 79.9. The Bertz CT molecular complexity index is 460. The van der Waals surface area contributed by atoms with Crippen molar-refractivity contribution in [3.05, 3.63) is 10.3 Å². The minimum Gasteiger partial charge on any atom is -0.382 e. The van der Waals surface area contributed by atoms with Crippen LogP contribution < -0.4 is 17.2 Å². The smallest absolute Gasteiger partial charge is 0.282 e. The van der Waals surface area contributed by atoms with E-state index in [1.807, 2.05) is 0 Å². The number of hydrogen-bond donors (Lipinski definition) is 4. The van der Waals surface area contributed by atoms with Gasteiger partial charge in [0, 0.05) is 7.05 Å². The van der Waals surface area contributed by atoms with Gasteiger partial charge in [0.25, 0.3) is 5.91 Å². The highest BCUT2D eigenvalue weighted by Crippen LogP contribution is 2.18. The third-order valence-corrected chi connectivity index (χ3v) is 2.36. The number of nitrogens with zero attached hydrogens (tertiary/aromatic N) is 3. The second-order valence-electron chi connectivity index (χ2n) is 2.88. The largest absolute Gasteiger partial charge is 0.382 e. The number of halogens is 1. The van der Waals surface area contributed by atoms with Crippen LogP contribution in [0.25, 0.3) is 0 Å². The Morgan fingerprint density at radius 1 is 1.38 bits per heavy atom. The van der Waals surface area contributed by atoms with Gasteiger partial charge in [-0.05, 0) is 15.9 Å². The summed E-state index contributed by atoms with van der Waals surface area (Å²) in [4.78, 5) is 20.2. The number of carbonyl (C=O) groups is 1. The molecule has 0 unspecified atom stereocenters. The summed E-state index contributed by atoms with van der Waals surface area (Å²) in [7, 11) is 1.33. The Kier molecular flexibility index (Phi) is 3.28. The first-order valence-corrected chi connectivity index (χ1v) is 4.84. The Hall–Kier alpha value is -1.90. The fourth-order valence-electron chi connectivity index (χ4n) is 0.867. The molecule has 1 heterocycles. The van der Waals surface area contributed by atoms with Crippen molar-refractivity contribution in [2.45, 2.75) is 0 Å². The summed E-state index contributed by atoms with van der Waals surface area (Å²) >= 11 is 3.02. The van der Waals surface area contributed by atoms with E-state index in [1.54, 1.807) is 0 Å². The van der Waals surface area contributed by atoms with Crippen molar-refractivity contribution in [3.63, 3.8) is 0 Å². The third-order valence-electron chi connectivity index (χ3n) is 1.77. The number of carbonyl (C=O) groups excluding carboxylic acids is 1.